The summed E-state index contributed by atoms with van der Waals surface area (Å²) in [6, 6.07) is 7.32. The lowest BCUT2D eigenvalue weighted by Gasteiger charge is -2.28. The first-order chi connectivity index (χ1) is 8.72. The summed E-state index contributed by atoms with van der Waals surface area (Å²) in [7, 11) is 0. The quantitative estimate of drug-likeness (QED) is 0.706. The lowest BCUT2D eigenvalue weighted by atomic mass is 9.86. The first-order valence-corrected chi connectivity index (χ1v) is 7.21. The van der Waals surface area contributed by atoms with Crippen LogP contribution in [0.15, 0.2) is 24.3 Å². The Morgan fingerprint density at radius 2 is 1.78 bits per heavy atom. The lowest BCUT2D eigenvalue weighted by molar-refractivity contribution is 0.319. The van der Waals surface area contributed by atoms with E-state index in [1.807, 2.05) is 12.1 Å². The predicted molar refractivity (Wildman–Crippen MR) is 76.1 cm³/mol. The van der Waals surface area contributed by atoms with Gasteiger partial charge in [-0.2, -0.15) is 0 Å². The minimum absolute atomic E-state index is 0.137. The van der Waals surface area contributed by atoms with Crippen LogP contribution in [-0.4, -0.2) is 6.54 Å². The van der Waals surface area contributed by atoms with E-state index >= 15 is 0 Å². The number of nitrogens with one attached hydrogen (secondary N) is 1. The molecule has 1 rings (SSSR count). The van der Waals surface area contributed by atoms with E-state index in [1.165, 1.54) is 31.7 Å². The van der Waals surface area contributed by atoms with Crippen LogP contribution in [0.5, 0.6) is 0 Å². The smallest absolute Gasteiger partial charge is 0.123 e. The molecule has 0 bridgehead atoms. The van der Waals surface area contributed by atoms with E-state index in [-0.39, 0.29) is 11.9 Å². The van der Waals surface area contributed by atoms with E-state index in [1.54, 1.807) is 6.07 Å². The molecule has 0 aliphatic heterocycles. The molecule has 0 radical (unpaired) electrons. The van der Waals surface area contributed by atoms with Crippen molar-refractivity contribution in [1.82, 2.24) is 5.32 Å². The summed E-state index contributed by atoms with van der Waals surface area (Å²) < 4.78 is 13.4. The van der Waals surface area contributed by atoms with Crippen LogP contribution in [0.2, 0.25) is 0 Å². The van der Waals surface area contributed by atoms with E-state index in [2.05, 4.69) is 26.1 Å². The Balaban J connectivity index is 2.91. The maximum Gasteiger partial charge on any atom is 0.123 e. The van der Waals surface area contributed by atoms with Crippen molar-refractivity contribution in [3.05, 3.63) is 35.6 Å². The van der Waals surface area contributed by atoms with Crippen LogP contribution in [-0.2, 0) is 0 Å². The Hall–Kier alpha value is -0.890. The van der Waals surface area contributed by atoms with Gasteiger partial charge in [0.2, 0.25) is 0 Å². The minimum atomic E-state index is -0.137. The molecule has 0 aliphatic carbocycles. The standard InChI is InChI=1S/C16H26FN/c1-4-8-13(9-5-2)16(18-6-3)14-10-7-11-15(17)12-14/h7,10-13,16,18H,4-6,8-9H2,1-3H3. The van der Waals surface area contributed by atoms with Gasteiger partial charge in [0.15, 0.2) is 0 Å². The third kappa shape index (κ3) is 4.41. The molecule has 1 unspecified atom stereocenters. The fourth-order valence-corrected chi connectivity index (χ4v) is 2.70. The lowest BCUT2D eigenvalue weighted by Crippen LogP contribution is -2.28. The second-order valence-electron chi connectivity index (χ2n) is 4.93. The number of rotatable bonds is 8. The molecule has 0 fully saturated rings. The van der Waals surface area contributed by atoms with E-state index < -0.39 is 0 Å². The number of benzene rings is 1. The Morgan fingerprint density at radius 3 is 2.28 bits per heavy atom. The molecule has 0 saturated heterocycles. The minimum Gasteiger partial charge on any atom is -0.310 e. The van der Waals surface area contributed by atoms with Gasteiger partial charge in [-0.25, -0.2) is 4.39 Å². The Morgan fingerprint density at radius 1 is 1.11 bits per heavy atom. The van der Waals surface area contributed by atoms with Gasteiger partial charge in [0.25, 0.3) is 0 Å². The second kappa shape index (κ2) is 8.25. The average Bonchev–Trinajstić information content (AvgIpc) is 2.36. The molecule has 0 heterocycles. The van der Waals surface area contributed by atoms with Crippen LogP contribution >= 0.6 is 0 Å². The average molecular weight is 251 g/mol. The molecule has 0 amide bonds. The summed E-state index contributed by atoms with van der Waals surface area (Å²) in [5.41, 5.74) is 1.09. The number of halogens is 1. The predicted octanol–water partition coefficient (Wildman–Crippen LogP) is 4.69. The SMILES string of the molecule is CCCC(CCC)C(NCC)c1cccc(F)c1. The highest BCUT2D eigenvalue weighted by molar-refractivity contribution is 5.21. The van der Waals surface area contributed by atoms with Gasteiger partial charge in [-0.05, 0) is 43.0 Å². The summed E-state index contributed by atoms with van der Waals surface area (Å²) in [5, 5.41) is 3.53. The molecule has 0 spiro atoms. The summed E-state index contributed by atoms with van der Waals surface area (Å²) in [5.74, 6) is 0.462. The van der Waals surface area contributed by atoms with E-state index in [4.69, 9.17) is 0 Å². The second-order valence-corrected chi connectivity index (χ2v) is 4.93. The highest BCUT2D eigenvalue weighted by Crippen LogP contribution is 2.29. The van der Waals surface area contributed by atoms with Crippen molar-refractivity contribution in [3.63, 3.8) is 0 Å². The molecule has 1 aromatic carbocycles. The molecule has 1 aromatic rings. The highest BCUT2D eigenvalue weighted by atomic mass is 19.1. The van der Waals surface area contributed by atoms with Crippen molar-refractivity contribution in [2.75, 3.05) is 6.54 Å². The van der Waals surface area contributed by atoms with Gasteiger partial charge in [0, 0.05) is 6.04 Å². The number of hydrogen-bond acceptors (Lipinski definition) is 1. The molecule has 102 valence electrons. The maximum absolute atomic E-state index is 13.4. The van der Waals surface area contributed by atoms with E-state index in [0.29, 0.717) is 5.92 Å². The molecular formula is C16H26FN. The van der Waals surface area contributed by atoms with Gasteiger partial charge in [0.1, 0.15) is 5.82 Å². The van der Waals surface area contributed by atoms with Crippen molar-refractivity contribution in [1.29, 1.82) is 0 Å². The van der Waals surface area contributed by atoms with Gasteiger partial charge in [0.05, 0.1) is 0 Å². The van der Waals surface area contributed by atoms with E-state index in [9.17, 15) is 4.39 Å². The Kier molecular flexibility index (Phi) is 6.96. The third-order valence-corrected chi connectivity index (χ3v) is 3.42. The molecule has 0 aromatic heterocycles. The van der Waals surface area contributed by atoms with Gasteiger partial charge in [-0.1, -0.05) is 45.7 Å². The van der Waals surface area contributed by atoms with Gasteiger partial charge < -0.3 is 5.32 Å². The Labute approximate surface area is 111 Å². The molecular weight excluding hydrogens is 225 g/mol. The Bertz CT molecular complexity index is 332. The van der Waals surface area contributed by atoms with Crippen LogP contribution in [0.25, 0.3) is 0 Å². The molecule has 18 heavy (non-hydrogen) atoms. The zero-order valence-corrected chi connectivity index (χ0v) is 11.9. The van der Waals surface area contributed by atoms with Crippen LogP contribution in [0.1, 0.15) is 58.1 Å². The van der Waals surface area contributed by atoms with Crippen molar-refractivity contribution < 1.29 is 4.39 Å². The zero-order valence-electron chi connectivity index (χ0n) is 11.9. The summed E-state index contributed by atoms with van der Waals surface area (Å²) in [6.45, 7) is 7.47. The third-order valence-electron chi connectivity index (χ3n) is 3.42. The van der Waals surface area contributed by atoms with E-state index in [0.717, 1.165) is 12.1 Å². The van der Waals surface area contributed by atoms with Crippen molar-refractivity contribution >= 4 is 0 Å². The van der Waals surface area contributed by atoms with Crippen molar-refractivity contribution in [3.8, 4) is 0 Å². The molecule has 0 saturated carbocycles. The number of hydrogen-bond donors (Lipinski definition) is 1. The van der Waals surface area contributed by atoms with Crippen LogP contribution < -0.4 is 5.32 Å². The largest absolute Gasteiger partial charge is 0.310 e. The van der Waals surface area contributed by atoms with Crippen LogP contribution in [0.4, 0.5) is 4.39 Å². The summed E-state index contributed by atoms with van der Waals surface area (Å²) in [4.78, 5) is 0. The summed E-state index contributed by atoms with van der Waals surface area (Å²) in [6.07, 6.45) is 4.76. The van der Waals surface area contributed by atoms with Crippen molar-refractivity contribution in [2.24, 2.45) is 5.92 Å². The van der Waals surface area contributed by atoms with Crippen molar-refractivity contribution in [2.45, 2.75) is 52.5 Å². The molecule has 2 heteroatoms. The van der Waals surface area contributed by atoms with Gasteiger partial charge >= 0.3 is 0 Å². The zero-order chi connectivity index (χ0) is 13.4. The van der Waals surface area contributed by atoms with Crippen LogP contribution in [0, 0.1) is 11.7 Å². The molecule has 0 aliphatic rings. The van der Waals surface area contributed by atoms with Crippen LogP contribution in [0.3, 0.4) is 0 Å². The molecule has 1 nitrogen and oxygen atoms in total. The molecule has 1 N–H and O–H groups in total. The maximum atomic E-state index is 13.4. The molecule has 1 atom stereocenters. The first-order valence-electron chi connectivity index (χ1n) is 7.21. The van der Waals surface area contributed by atoms with Gasteiger partial charge in [-0.3, -0.25) is 0 Å². The normalized spacial score (nSPS) is 12.9. The fraction of sp³-hybridized carbons (Fsp3) is 0.625. The topological polar surface area (TPSA) is 12.0 Å². The monoisotopic (exact) mass is 251 g/mol. The van der Waals surface area contributed by atoms with Gasteiger partial charge in [-0.15, -0.1) is 0 Å². The summed E-state index contributed by atoms with van der Waals surface area (Å²) >= 11 is 0. The highest BCUT2D eigenvalue weighted by Gasteiger charge is 2.21. The first kappa shape index (κ1) is 15.2. The fourth-order valence-electron chi connectivity index (χ4n) is 2.70.